The van der Waals surface area contributed by atoms with Crippen molar-refractivity contribution in [3.05, 3.63) is 69.0 Å². The van der Waals surface area contributed by atoms with Crippen LogP contribution in [0.15, 0.2) is 52.2 Å². The molecule has 2 aromatic rings. The summed E-state index contributed by atoms with van der Waals surface area (Å²) in [5.41, 5.74) is -0.261. The maximum atomic E-state index is 13.2. The highest BCUT2D eigenvalue weighted by Crippen LogP contribution is 2.33. The van der Waals surface area contributed by atoms with Crippen LogP contribution in [-0.2, 0) is 46.3 Å². The lowest BCUT2D eigenvalue weighted by Crippen LogP contribution is -2.45. The van der Waals surface area contributed by atoms with Gasteiger partial charge in [0.05, 0.1) is 0 Å². The molecule has 1 fully saturated rings. The van der Waals surface area contributed by atoms with E-state index in [-0.39, 0.29) is 13.2 Å². The van der Waals surface area contributed by atoms with Crippen LogP contribution in [0.1, 0.15) is 32.6 Å². The number of aryl methyl sites for hydroxylation is 1. The third-order valence-corrected chi connectivity index (χ3v) is 5.18. The summed E-state index contributed by atoms with van der Waals surface area (Å²) in [7, 11) is 0. The van der Waals surface area contributed by atoms with E-state index in [0.29, 0.717) is 6.42 Å². The highest BCUT2D eigenvalue weighted by Gasteiger charge is 2.51. The second kappa shape index (κ2) is 10.9. The van der Waals surface area contributed by atoms with Gasteiger partial charge in [-0.05, 0) is 12.0 Å². The molecule has 0 spiro atoms. The number of hydrogen-bond acceptors (Lipinski definition) is 9. The van der Waals surface area contributed by atoms with Crippen LogP contribution >= 0.6 is 0 Å². The number of rotatable bonds is 8. The molecule has 0 bridgehead atoms. The molecule has 0 amide bonds. The summed E-state index contributed by atoms with van der Waals surface area (Å²) in [5.74, 6) is -1.97. The largest absolute Gasteiger partial charge is 0.463 e. The molecule has 3 rings (SSSR count). The van der Waals surface area contributed by atoms with Gasteiger partial charge in [-0.1, -0.05) is 30.3 Å². The molecular weight excluding hydrogens is 448 g/mol. The maximum absolute atomic E-state index is 13.2. The summed E-state index contributed by atoms with van der Waals surface area (Å²) in [4.78, 5) is 60.5. The molecule has 0 N–H and O–H groups in total. The lowest BCUT2D eigenvalue weighted by atomic mass is 10.1. The van der Waals surface area contributed by atoms with Crippen molar-refractivity contribution >= 4 is 17.9 Å². The fourth-order valence-electron chi connectivity index (χ4n) is 3.73. The first-order valence-electron chi connectivity index (χ1n) is 10.7. The normalized spacial score (nSPS) is 21.6. The van der Waals surface area contributed by atoms with Crippen LogP contribution < -0.4 is 11.2 Å². The first-order chi connectivity index (χ1) is 16.2. The van der Waals surface area contributed by atoms with E-state index in [2.05, 4.69) is 0 Å². The molecular formula is C23H26N2O9. The van der Waals surface area contributed by atoms with Crippen LogP contribution in [-0.4, -0.2) is 52.0 Å². The number of nitrogens with zero attached hydrogens (tertiary/aromatic N) is 2. The SMILES string of the molecule is CC(=O)OCC1OC(n2ccc(=O)n(CCc3ccccc3)c2=O)C(OC(C)=O)[C@H]1OC(C)=O. The number of hydrogen-bond donors (Lipinski definition) is 0. The van der Waals surface area contributed by atoms with Gasteiger partial charge in [-0.15, -0.1) is 0 Å². The van der Waals surface area contributed by atoms with Crippen LogP contribution in [0.3, 0.4) is 0 Å². The summed E-state index contributed by atoms with van der Waals surface area (Å²) >= 11 is 0. The van der Waals surface area contributed by atoms with Crippen LogP contribution in [0, 0.1) is 0 Å². The first-order valence-corrected chi connectivity index (χ1v) is 10.7. The molecule has 1 aromatic heterocycles. The van der Waals surface area contributed by atoms with Crippen LogP contribution in [0.25, 0.3) is 0 Å². The molecule has 34 heavy (non-hydrogen) atoms. The van der Waals surface area contributed by atoms with Gasteiger partial charge in [0.1, 0.15) is 12.7 Å². The minimum Gasteiger partial charge on any atom is -0.463 e. The smallest absolute Gasteiger partial charge is 0.333 e. The average Bonchev–Trinajstić information content (AvgIpc) is 3.08. The number of benzene rings is 1. The summed E-state index contributed by atoms with van der Waals surface area (Å²) < 4.78 is 23.7. The van der Waals surface area contributed by atoms with E-state index in [1.165, 1.54) is 19.2 Å². The first kappa shape index (κ1) is 24.9. The molecule has 182 valence electrons. The number of carbonyl (C=O) groups is 3. The van der Waals surface area contributed by atoms with E-state index in [4.69, 9.17) is 18.9 Å². The molecule has 0 aliphatic carbocycles. The lowest BCUT2D eigenvalue weighted by Gasteiger charge is -2.24. The number of esters is 3. The predicted molar refractivity (Wildman–Crippen MR) is 117 cm³/mol. The Bertz CT molecular complexity index is 1160. The number of carbonyl (C=O) groups excluding carboxylic acids is 3. The maximum Gasteiger partial charge on any atom is 0.333 e. The Morgan fingerprint density at radius 3 is 2.18 bits per heavy atom. The molecule has 1 saturated heterocycles. The highest BCUT2D eigenvalue weighted by molar-refractivity contribution is 5.68. The van der Waals surface area contributed by atoms with Crippen LogP contribution in [0.2, 0.25) is 0 Å². The standard InChI is InChI=1S/C23H26N2O9/c1-14(26)31-13-18-20(32-15(2)27)21(33-16(3)28)22(34-18)25-12-10-19(29)24(23(25)30)11-9-17-7-5-4-6-8-17/h4-8,10,12,18,20-22H,9,11,13H2,1-3H3/t18?,20-,21?,22?/m0/s1. The van der Waals surface area contributed by atoms with Crippen molar-refractivity contribution in [2.24, 2.45) is 0 Å². The molecule has 4 atom stereocenters. The minimum atomic E-state index is -1.23. The van der Waals surface area contributed by atoms with Crippen molar-refractivity contribution in [3.63, 3.8) is 0 Å². The summed E-state index contributed by atoms with van der Waals surface area (Å²) in [6.45, 7) is 3.33. The lowest BCUT2D eigenvalue weighted by molar-refractivity contribution is -0.166. The van der Waals surface area contributed by atoms with E-state index < -0.39 is 53.7 Å². The van der Waals surface area contributed by atoms with Gasteiger partial charge in [0.15, 0.2) is 18.4 Å². The van der Waals surface area contributed by atoms with Crippen molar-refractivity contribution in [1.82, 2.24) is 9.13 Å². The fourth-order valence-corrected chi connectivity index (χ4v) is 3.73. The molecule has 0 saturated carbocycles. The van der Waals surface area contributed by atoms with Crippen molar-refractivity contribution in [2.45, 2.75) is 58.3 Å². The third-order valence-electron chi connectivity index (χ3n) is 5.18. The Balaban J connectivity index is 1.96. The van der Waals surface area contributed by atoms with E-state index in [0.717, 1.165) is 28.5 Å². The van der Waals surface area contributed by atoms with Crippen molar-refractivity contribution < 1.29 is 33.3 Å². The fraction of sp³-hybridized carbons (Fsp3) is 0.435. The molecule has 1 aliphatic rings. The average molecular weight is 474 g/mol. The van der Waals surface area contributed by atoms with Gasteiger partial charge in [0, 0.05) is 39.6 Å². The van der Waals surface area contributed by atoms with E-state index >= 15 is 0 Å². The Kier molecular flexibility index (Phi) is 8.00. The third kappa shape index (κ3) is 5.98. The zero-order valence-corrected chi connectivity index (χ0v) is 19.0. The number of ether oxygens (including phenoxy) is 4. The van der Waals surface area contributed by atoms with E-state index in [1.807, 2.05) is 30.3 Å². The van der Waals surface area contributed by atoms with Crippen molar-refractivity contribution in [1.29, 1.82) is 0 Å². The monoisotopic (exact) mass is 474 g/mol. The number of aromatic nitrogens is 2. The Morgan fingerprint density at radius 1 is 0.912 bits per heavy atom. The summed E-state index contributed by atoms with van der Waals surface area (Å²) in [5, 5.41) is 0. The molecule has 3 unspecified atom stereocenters. The van der Waals surface area contributed by atoms with E-state index in [9.17, 15) is 24.0 Å². The van der Waals surface area contributed by atoms with Crippen LogP contribution in [0.5, 0.6) is 0 Å². The zero-order valence-electron chi connectivity index (χ0n) is 19.0. The summed E-state index contributed by atoms with van der Waals surface area (Å²) in [6, 6.07) is 10.5. The van der Waals surface area contributed by atoms with Gasteiger partial charge in [-0.3, -0.25) is 28.3 Å². The molecule has 2 heterocycles. The highest BCUT2D eigenvalue weighted by atomic mass is 16.7. The van der Waals surface area contributed by atoms with Gasteiger partial charge < -0.3 is 18.9 Å². The van der Waals surface area contributed by atoms with E-state index in [1.54, 1.807) is 0 Å². The van der Waals surface area contributed by atoms with Crippen molar-refractivity contribution in [3.8, 4) is 0 Å². The molecule has 1 aromatic carbocycles. The Hall–Kier alpha value is -3.73. The van der Waals surface area contributed by atoms with Gasteiger partial charge in [-0.25, -0.2) is 4.79 Å². The van der Waals surface area contributed by atoms with Crippen molar-refractivity contribution in [2.75, 3.05) is 6.61 Å². The topological polar surface area (TPSA) is 132 Å². The second-order valence-electron chi connectivity index (χ2n) is 7.75. The quantitative estimate of drug-likeness (QED) is 0.398. The minimum absolute atomic E-state index is 0.109. The predicted octanol–water partition coefficient (Wildman–Crippen LogP) is 0.577. The van der Waals surface area contributed by atoms with Crippen LogP contribution in [0.4, 0.5) is 0 Å². The molecule has 1 aliphatic heterocycles. The van der Waals surface area contributed by atoms with Gasteiger partial charge in [0.2, 0.25) is 0 Å². The van der Waals surface area contributed by atoms with Gasteiger partial charge in [-0.2, -0.15) is 0 Å². The van der Waals surface area contributed by atoms with Gasteiger partial charge >= 0.3 is 23.6 Å². The molecule has 0 radical (unpaired) electrons. The Morgan fingerprint density at radius 2 is 1.56 bits per heavy atom. The Labute approximate surface area is 194 Å². The zero-order chi connectivity index (χ0) is 24.8. The second-order valence-corrected chi connectivity index (χ2v) is 7.75. The van der Waals surface area contributed by atoms with Gasteiger partial charge in [0.25, 0.3) is 5.56 Å². The molecule has 11 heteroatoms. The summed E-state index contributed by atoms with van der Waals surface area (Å²) in [6.07, 6.45) is -2.96. The molecule has 11 nitrogen and oxygen atoms in total.